The first-order valence-electron chi connectivity index (χ1n) is 23.8. The maximum atomic E-state index is 13.9. The predicted molar refractivity (Wildman–Crippen MR) is 290 cm³/mol. The maximum Gasteiger partial charge on any atom is 0.340 e. The Morgan fingerprint density at radius 2 is 1.35 bits per heavy atom. The molecule has 2 N–H and O–H groups in total. The number of ether oxygens (including phenoxy) is 1. The second-order valence-electron chi connectivity index (χ2n) is 17.4. The molecule has 2 amide bonds. The van der Waals surface area contributed by atoms with E-state index in [0.29, 0.717) is 86.8 Å². The summed E-state index contributed by atoms with van der Waals surface area (Å²) in [5, 5.41) is 7.54. The third-order valence-corrected chi connectivity index (χ3v) is 13.2. The first kappa shape index (κ1) is 53.7. The van der Waals surface area contributed by atoms with E-state index in [2.05, 4.69) is 83.0 Å². The largest absolute Gasteiger partial charge is 0.462 e. The smallest absolute Gasteiger partial charge is 0.340 e. The Morgan fingerprint density at radius 1 is 0.732 bits per heavy atom. The SMILES string of the molecule is C.CSc1nc(C)c(C(=O)NCCCc2ccccc2)c(-c2ccc(C)cc2C)n1.Cc1nc(C)c(C(=O)N2CCNCC2)c(-c2cccc(Cl)c2)c1C(=O)OCCC(c1ccccc1)c1ccccc1. The van der Waals surface area contributed by atoms with Gasteiger partial charge in [0.1, 0.15) is 0 Å². The molecule has 8 rings (SSSR count). The van der Waals surface area contributed by atoms with Gasteiger partial charge in [-0.1, -0.05) is 158 Å². The van der Waals surface area contributed by atoms with Crippen molar-refractivity contribution in [2.75, 3.05) is 45.6 Å². The molecule has 7 aromatic rings. The minimum absolute atomic E-state index is 0. The zero-order chi connectivity index (χ0) is 49.6. The lowest BCUT2D eigenvalue weighted by Gasteiger charge is -2.29. The van der Waals surface area contributed by atoms with Gasteiger partial charge in [-0.15, -0.1) is 0 Å². The summed E-state index contributed by atoms with van der Waals surface area (Å²) in [6, 6.07) is 44.2. The molecule has 71 heavy (non-hydrogen) atoms. The van der Waals surface area contributed by atoms with Crippen molar-refractivity contribution < 1.29 is 19.1 Å². The van der Waals surface area contributed by atoms with Crippen molar-refractivity contribution in [2.45, 2.75) is 72.4 Å². The van der Waals surface area contributed by atoms with Crippen molar-refractivity contribution in [1.29, 1.82) is 0 Å². The highest BCUT2D eigenvalue weighted by Crippen LogP contribution is 2.35. The molecule has 1 fully saturated rings. The number of thioether (sulfide) groups is 1. The van der Waals surface area contributed by atoms with Gasteiger partial charge in [-0.05, 0) is 100 Å². The Bertz CT molecular complexity index is 2870. The Morgan fingerprint density at radius 3 is 1.97 bits per heavy atom. The minimum atomic E-state index is -0.501. The summed E-state index contributed by atoms with van der Waals surface area (Å²) in [7, 11) is 0. The van der Waals surface area contributed by atoms with Crippen LogP contribution in [0.25, 0.3) is 22.4 Å². The van der Waals surface area contributed by atoms with Gasteiger partial charge in [-0.2, -0.15) is 0 Å². The molecule has 1 aliphatic rings. The van der Waals surface area contributed by atoms with Gasteiger partial charge in [-0.25, -0.2) is 14.8 Å². The third kappa shape index (κ3) is 13.8. The quantitative estimate of drug-likeness (QED) is 0.0447. The van der Waals surface area contributed by atoms with Crippen LogP contribution in [-0.2, 0) is 11.2 Å². The van der Waals surface area contributed by atoms with Crippen molar-refractivity contribution in [3.63, 3.8) is 0 Å². The number of benzene rings is 5. The van der Waals surface area contributed by atoms with Crippen LogP contribution in [0.2, 0.25) is 5.02 Å². The zero-order valence-electron chi connectivity index (χ0n) is 40.9. The van der Waals surface area contributed by atoms with Crippen LogP contribution in [-0.4, -0.2) is 83.2 Å². The standard InChI is InChI=1S/C34H34ClN3O3.C24H27N3OS.CH4/c1-23-30(33(39)38-19-17-36-18-20-38)32(27-14-9-15-28(35)22-27)31(24(2)37-23)34(40)41-21-16-29(25-10-5-3-6-11-25)26-12-7-4-8-13-26;1-16-12-13-20(17(2)15-16)22-21(18(3)26-24(27-22)29-4)23(28)25-14-8-11-19-9-6-5-7-10-19;/h3-15,22,29,36H,16-21H2,1-2H3;5-7,9-10,12-13,15H,8,11,14H2,1-4H3,(H,25,28);1H4. The van der Waals surface area contributed by atoms with E-state index in [-0.39, 0.29) is 31.8 Å². The van der Waals surface area contributed by atoms with E-state index >= 15 is 0 Å². The van der Waals surface area contributed by atoms with Crippen LogP contribution in [0.3, 0.4) is 0 Å². The molecule has 0 bridgehead atoms. The Hall–Kier alpha value is -6.66. The number of carbonyl (C=O) groups excluding carboxylic acids is 3. The molecule has 12 heteroatoms. The molecular formula is C59H65ClN6O4S. The highest BCUT2D eigenvalue weighted by atomic mass is 35.5. The maximum absolute atomic E-state index is 13.9. The highest BCUT2D eigenvalue weighted by molar-refractivity contribution is 7.98. The number of amides is 2. The Labute approximate surface area is 429 Å². The van der Waals surface area contributed by atoms with E-state index in [1.807, 2.05) is 97.8 Å². The number of carbonyl (C=O) groups is 3. The van der Waals surface area contributed by atoms with E-state index in [1.54, 1.807) is 19.1 Å². The first-order chi connectivity index (χ1) is 33.9. The fourth-order valence-corrected chi connectivity index (χ4v) is 9.57. The van der Waals surface area contributed by atoms with Crippen molar-refractivity contribution in [3.8, 4) is 22.4 Å². The third-order valence-electron chi connectivity index (χ3n) is 12.4. The normalized spacial score (nSPS) is 12.1. The molecule has 0 saturated carbocycles. The number of pyridine rings is 1. The lowest BCUT2D eigenvalue weighted by atomic mass is 9.89. The topological polar surface area (TPSA) is 126 Å². The number of rotatable bonds is 15. The number of nitrogens with one attached hydrogen (secondary N) is 2. The number of halogens is 1. The van der Waals surface area contributed by atoms with Crippen molar-refractivity contribution in [3.05, 3.63) is 200 Å². The lowest BCUT2D eigenvalue weighted by molar-refractivity contribution is 0.0495. The summed E-state index contributed by atoms with van der Waals surface area (Å²) in [6.07, 6.45) is 4.38. The molecule has 2 aromatic heterocycles. The zero-order valence-corrected chi connectivity index (χ0v) is 42.4. The number of piperazine rings is 1. The molecule has 10 nitrogen and oxygen atoms in total. The number of aryl methyl sites for hydroxylation is 6. The summed E-state index contributed by atoms with van der Waals surface area (Å²) in [5.41, 5.74) is 11.9. The van der Waals surface area contributed by atoms with E-state index in [1.165, 1.54) is 22.9 Å². The summed E-state index contributed by atoms with van der Waals surface area (Å²) in [5.74, 6) is -0.689. The fourth-order valence-electron chi connectivity index (χ4n) is 8.97. The van der Waals surface area contributed by atoms with Gasteiger partial charge in [0.25, 0.3) is 11.8 Å². The molecule has 5 aromatic carbocycles. The van der Waals surface area contributed by atoms with Crippen molar-refractivity contribution in [2.24, 2.45) is 0 Å². The first-order valence-corrected chi connectivity index (χ1v) is 25.4. The summed E-state index contributed by atoms with van der Waals surface area (Å²) in [6.45, 7) is 13.0. The van der Waals surface area contributed by atoms with E-state index in [9.17, 15) is 14.4 Å². The molecule has 0 unspecified atom stereocenters. The highest BCUT2D eigenvalue weighted by Gasteiger charge is 2.30. The van der Waals surface area contributed by atoms with Crippen LogP contribution in [0.1, 0.15) is 102 Å². The van der Waals surface area contributed by atoms with Gasteiger partial charge in [0.05, 0.1) is 46.1 Å². The van der Waals surface area contributed by atoms with Crippen LogP contribution in [0.5, 0.6) is 0 Å². The van der Waals surface area contributed by atoms with Crippen LogP contribution in [0.15, 0.2) is 139 Å². The molecule has 0 aliphatic carbocycles. The van der Waals surface area contributed by atoms with Crippen LogP contribution < -0.4 is 10.6 Å². The molecule has 0 atom stereocenters. The van der Waals surface area contributed by atoms with Gasteiger partial charge in [0.15, 0.2) is 5.16 Å². The summed E-state index contributed by atoms with van der Waals surface area (Å²) < 4.78 is 5.95. The Balaban J connectivity index is 0.000000243. The average molecular weight is 990 g/mol. The molecule has 1 saturated heterocycles. The molecule has 368 valence electrons. The van der Waals surface area contributed by atoms with Crippen LogP contribution >= 0.6 is 23.4 Å². The van der Waals surface area contributed by atoms with E-state index < -0.39 is 5.97 Å². The van der Waals surface area contributed by atoms with E-state index in [4.69, 9.17) is 21.3 Å². The monoisotopic (exact) mass is 988 g/mol. The summed E-state index contributed by atoms with van der Waals surface area (Å²) in [4.78, 5) is 56.4. The van der Waals surface area contributed by atoms with Crippen molar-refractivity contribution in [1.82, 2.24) is 30.5 Å². The van der Waals surface area contributed by atoms with E-state index in [0.717, 1.165) is 48.2 Å². The van der Waals surface area contributed by atoms with Gasteiger partial charge < -0.3 is 20.3 Å². The number of nitrogens with zero attached hydrogens (tertiary/aromatic N) is 4. The minimum Gasteiger partial charge on any atom is -0.462 e. The second-order valence-corrected chi connectivity index (χ2v) is 18.7. The second kappa shape index (κ2) is 26.0. The number of aromatic nitrogens is 3. The average Bonchev–Trinajstić information content (AvgIpc) is 3.37. The molecule has 0 spiro atoms. The van der Waals surface area contributed by atoms with Gasteiger partial charge in [-0.3, -0.25) is 14.6 Å². The van der Waals surface area contributed by atoms with Gasteiger partial charge in [0.2, 0.25) is 0 Å². The van der Waals surface area contributed by atoms with Gasteiger partial charge in [0, 0.05) is 54.8 Å². The lowest BCUT2D eigenvalue weighted by Crippen LogP contribution is -2.46. The fraction of sp³-hybridized carbons (Fsp3) is 0.288. The Kier molecular flexibility index (Phi) is 19.6. The molecule has 0 radical (unpaired) electrons. The van der Waals surface area contributed by atoms with Gasteiger partial charge >= 0.3 is 5.97 Å². The molecular weight excluding hydrogens is 924 g/mol. The van der Waals surface area contributed by atoms with Crippen molar-refractivity contribution >= 4 is 41.1 Å². The molecule has 1 aliphatic heterocycles. The number of hydrogen-bond acceptors (Lipinski definition) is 9. The molecule has 3 heterocycles. The number of esters is 1. The summed E-state index contributed by atoms with van der Waals surface area (Å²) >= 11 is 7.87. The van der Waals surface area contributed by atoms with Crippen LogP contribution in [0.4, 0.5) is 0 Å². The number of hydrogen-bond donors (Lipinski definition) is 2. The predicted octanol–water partition coefficient (Wildman–Crippen LogP) is 12.2. The van der Waals surface area contributed by atoms with Crippen LogP contribution in [0, 0.1) is 34.6 Å².